The van der Waals surface area contributed by atoms with Crippen molar-refractivity contribution in [1.29, 1.82) is 0 Å². The van der Waals surface area contributed by atoms with E-state index in [4.69, 9.17) is 0 Å². The third kappa shape index (κ3) is 8.89. The summed E-state index contributed by atoms with van der Waals surface area (Å²) in [5, 5.41) is 3.77. The van der Waals surface area contributed by atoms with Crippen molar-refractivity contribution >= 4 is 21.8 Å². The van der Waals surface area contributed by atoms with Gasteiger partial charge in [-0.2, -0.15) is 11.8 Å². The van der Waals surface area contributed by atoms with Crippen LogP contribution in [0.4, 0.5) is 0 Å². The Balaban J connectivity index is 2.09. The topological polar surface area (TPSA) is 58.2 Å². The molecule has 0 amide bonds. The van der Waals surface area contributed by atoms with Crippen molar-refractivity contribution in [2.45, 2.75) is 57.2 Å². The van der Waals surface area contributed by atoms with Crippen LogP contribution in [0.25, 0.3) is 0 Å². The van der Waals surface area contributed by atoms with Crippen LogP contribution in [-0.2, 0) is 10.0 Å². The van der Waals surface area contributed by atoms with E-state index in [0.29, 0.717) is 17.8 Å². The number of thioether (sulfide) groups is 1. The Morgan fingerprint density at radius 1 is 1.26 bits per heavy atom. The number of nitrogens with one attached hydrogen (secondary N) is 2. The van der Waals surface area contributed by atoms with Crippen molar-refractivity contribution in [3.8, 4) is 0 Å². The zero-order valence-corrected chi connectivity index (χ0v) is 13.8. The fourth-order valence-electron chi connectivity index (χ4n) is 2.07. The van der Waals surface area contributed by atoms with Crippen LogP contribution in [0.3, 0.4) is 0 Å². The molecular weight excluding hydrogens is 280 g/mol. The Morgan fingerprint density at radius 2 is 2.05 bits per heavy atom. The molecule has 1 aliphatic rings. The van der Waals surface area contributed by atoms with Crippen LogP contribution in [0, 0.1) is 0 Å². The molecule has 0 spiro atoms. The van der Waals surface area contributed by atoms with Crippen LogP contribution in [-0.4, -0.2) is 44.3 Å². The van der Waals surface area contributed by atoms with Gasteiger partial charge in [-0.25, -0.2) is 13.1 Å². The molecule has 4 nitrogen and oxygen atoms in total. The van der Waals surface area contributed by atoms with Gasteiger partial charge in [-0.3, -0.25) is 0 Å². The van der Waals surface area contributed by atoms with Gasteiger partial charge in [-0.1, -0.05) is 20.3 Å². The van der Waals surface area contributed by atoms with Crippen LogP contribution in [0.15, 0.2) is 0 Å². The first-order valence-electron chi connectivity index (χ1n) is 7.32. The van der Waals surface area contributed by atoms with Crippen molar-refractivity contribution in [2.24, 2.45) is 0 Å². The summed E-state index contributed by atoms with van der Waals surface area (Å²) in [6.45, 7) is 5.70. The van der Waals surface area contributed by atoms with Crippen LogP contribution in [0.5, 0.6) is 0 Å². The molecule has 0 aromatic carbocycles. The summed E-state index contributed by atoms with van der Waals surface area (Å²) in [4.78, 5) is 0. The maximum absolute atomic E-state index is 11.8. The molecule has 0 bridgehead atoms. The predicted octanol–water partition coefficient (Wildman–Crippen LogP) is 1.97. The molecule has 2 N–H and O–H groups in total. The Hall–Kier alpha value is 0.220. The Labute approximate surface area is 122 Å². The van der Waals surface area contributed by atoms with Gasteiger partial charge in [0, 0.05) is 17.8 Å². The number of rotatable bonds is 9. The largest absolute Gasteiger partial charge is 0.315 e. The van der Waals surface area contributed by atoms with Crippen LogP contribution >= 0.6 is 11.8 Å². The minimum absolute atomic E-state index is 0.254. The Morgan fingerprint density at radius 3 is 2.68 bits per heavy atom. The normalized spacial score (nSPS) is 20.9. The highest BCUT2D eigenvalue weighted by atomic mass is 32.2. The van der Waals surface area contributed by atoms with Gasteiger partial charge < -0.3 is 5.32 Å². The fraction of sp³-hybridized carbons (Fsp3) is 1.00. The lowest BCUT2D eigenvalue weighted by molar-refractivity contribution is 0.553. The minimum Gasteiger partial charge on any atom is -0.315 e. The molecular formula is C13H28N2O2S2. The van der Waals surface area contributed by atoms with E-state index in [2.05, 4.69) is 23.9 Å². The third-order valence-electron chi connectivity index (χ3n) is 3.20. The second-order valence-electron chi connectivity index (χ2n) is 5.47. The maximum Gasteiger partial charge on any atom is 0.211 e. The highest BCUT2D eigenvalue weighted by molar-refractivity contribution is 8.00. The molecule has 6 heteroatoms. The van der Waals surface area contributed by atoms with Gasteiger partial charge in [-0.15, -0.1) is 0 Å². The third-order valence-corrected chi connectivity index (χ3v) is 6.03. The van der Waals surface area contributed by atoms with Gasteiger partial charge in [0.05, 0.1) is 5.75 Å². The zero-order chi connectivity index (χ0) is 14.1. The molecule has 0 radical (unpaired) electrons. The molecule has 1 rings (SSSR count). The van der Waals surface area contributed by atoms with E-state index >= 15 is 0 Å². The average molecular weight is 309 g/mol. The van der Waals surface area contributed by atoms with Crippen LogP contribution in [0.1, 0.15) is 46.0 Å². The Kier molecular flexibility index (Phi) is 8.37. The molecule has 1 fully saturated rings. The second kappa shape index (κ2) is 9.21. The van der Waals surface area contributed by atoms with Gasteiger partial charge >= 0.3 is 0 Å². The molecule has 1 heterocycles. The second-order valence-corrected chi connectivity index (χ2v) is 8.81. The summed E-state index contributed by atoms with van der Waals surface area (Å²) in [6.07, 6.45) is 5.30. The predicted molar refractivity (Wildman–Crippen MR) is 84.3 cm³/mol. The number of unbranched alkanes of at least 4 members (excludes halogenated alkanes) is 1. The minimum atomic E-state index is -3.07. The molecule has 0 aromatic heterocycles. The van der Waals surface area contributed by atoms with Gasteiger partial charge in [0.1, 0.15) is 0 Å². The molecule has 19 heavy (non-hydrogen) atoms. The van der Waals surface area contributed by atoms with Crippen molar-refractivity contribution in [3.05, 3.63) is 0 Å². The average Bonchev–Trinajstić information content (AvgIpc) is 2.37. The first-order valence-corrected chi connectivity index (χ1v) is 10.0. The summed E-state index contributed by atoms with van der Waals surface area (Å²) in [5.41, 5.74) is 0. The van der Waals surface area contributed by atoms with Crippen molar-refractivity contribution < 1.29 is 8.42 Å². The SMILES string of the molecule is CC(C)NCCCCS(=O)(=O)NCC1CCCCS1. The summed E-state index contributed by atoms with van der Waals surface area (Å²) in [5.74, 6) is 1.43. The van der Waals surface area contributed by atoms with Crippen molar-refractivity contribution in [1.82, 2.24) is 10.0 Å². The Bertz CT molecular complexity index is 326. The van der Waals surface area contributed by atoms with Crippen molar-refractivity contribution in [3.63, 3.8) is 0 Å². The maximum atomic E-state index is 11.8. The first-order chi connectivity index (χ1) is 8.99. The van der Waals surface area contributed by atoms with E-state index in [1.165, 1.54) is 18.6 Å². The van der Waals surface area contributed by atoms with Gasteiger partial charge in [0.15, 0.2) is 0 Å². The molecule has 1 unspecified atom stereocenters. The molecule has 1 saturated heterocycles. The van der Waals surface area contributed by atoms with E-state index in [1.807, 2.05) is 11.8 Å². The highest BCUT2D eigenvalue weighted by Crippen LogP contribution is 2.24. The lowest BCUT2D eigenvalue weighted by atomic mass is 10.2. The quantitative estimate of drug-likeness (QED) is 0.639. The van der Waals surface area contributed by atoms with Crippen molar-refractivity contribution in [2.75, 3.05) is 24.6 Å². The number of sulfonamides is 1. The van der Waals surface area contributed by atoms with Crippen LogP contribution in [0.2, 0.25) is 0 Å². The fourth-order valence-corrected chi connectivity index (χ4v) is 4.60. The van der Waals surface area contributed by atoms with Crippen LogP contribution < -0.4 is 10.0 Å². The first kappa shape index (κ1) is 17.3. The smallest absolute Gasteiger partial charge is 0.211 e. The highest BCUT2D eigenvalue weighted by Gasteiger charge is 2.17. The lowest BCUT2D eigenvalue weighted by Gasteiger charge is -2.21. The monoisotopic (exact) mass is 308 g/mol. The van der Waals surface area contributed by atoms with E-state index in [-0.39, 0.29) is 5.75 Å². The number of hydrogen-bond donors (Lipinski definition) is 2. The van der Waals surface area contributed by atoms with E-state index < -0.39 is 10.0 Å². The van der Waals surface area contributed by atoms with E-state index in [0.717, 1.165) is 25.8 Å². The molecule has 114 valence electrons. The van der Waals surface area contributed by atoms with E-state index in [9.17, 15) is 8.42 Å². The summed E-state index contributed by atoms with van der Waals surface area (Å²) in [7, 11) is -3.07. The molecule has 0 saturated carbocycles. The molecule has 1 aliphatic heterocycles. The van der Waals surface area contributed by atoms with E-state index in [1.54, 1.807) is 0 Å². The van der Waals surface area contributed by atoms with Gasteiger partial charge in [0.2, 0.25) is 10.0 Å². The summed E-state index contributed by atoms with van der Waals surface area (Å²) < 4.78 is 26.4. The molecule has 1 atom stereocenters. The van der Waals surface area contributed by atoms with Gasteiger partial charge in [0.25, 0.3) is 0 Å². The van der Waals surface area contributed by atoms with Gasteiger partial charge in [-0.05, 0) is 38.0 Å². The summed E-state index contributed by atoms with van der Waals surface area (Å²) >= 11 is 1.90. The molecule has 0 aromatic rings. The standard InChI is InChI=1S/C13H28N2O2S2/c1-12(2)14-8-4-6-10-19(16,17)15-11-13-7-3-5-9-18-13/h12-15H,3-11H2,1-2H3. The zero-order valence-electron chi connectivity index (χ0n) is 12.2. The number of hydrogen-bond acceptors (Lipinski definition) is 4. The lowest BCUT2D eigenvalue weighted by Crippen LogP contribution is -2.33. The molecule has 0 aliphatic carbocycles. The summed E-state index contributed by atoms with van der Waals surface area (Å²) in [6, 6.07) is 0.470.